The zero-order valence-electron chi connectivity index (χ0n) is 11.8. The van der Waals surface area contributed by atoms with Crippen LogP contribution in [-0.4, -0.2) is 54.5 Å². The third-order valence-corrected chi connectivity index (χ3v) is 4.29. The molecule has 2 N–H and O–H groups in total. The molecule has 1 fully saturated rings. The molecule has 0 bridgehead atoms. The second-order valence-electron chi connectivity index (χ2n) is 5.06. The van der Waals surface area contributed by atoms with Crippen LogP contribution >= 0.6 is 11.8 Å². The number of methoxy groups -OCH3 is 1. The van der Waals surface area contributed by atoms with E-state index in [1.165, 1.54) is 25.3 Å². The van der Waals surface area contributed by atoms with Gasteiger partial charge in [0, 0.05) is 13.1 Å². The van der Waals surface area contributed by atoms with Crippen LogP contribution in [0.1, 0.15) is 26.2 Å². The molecule has 110 valence electrons. The first-order chi connectivity index (χ1) is 9.04. The molecule has 0 aromatic carbocycles. The number of esters is 1. The lowest BCUT2D eigenvalue weighted by Gasteiger charge is -2.30. The van der Waals surface area contributed by atoms with Gasteiger partial charge in [0.25, 0.3) is 0 Å². The van der Waals surface area contributed by atoms with Gasteiger partial charge in [0.05, 0.1) is 12.9 Å². The number of carbonyl (C=O) groups excluding carboxylic acids is 2. The number of carbonyl (C=O) groups is 2. The number of likely N-dealkylation sites (tertiary alicyclic amines) is 1. The van der Waals surface area contributed by atoms with Crippen LogP contribution < -0.4 is 5.73 Å². The molecular weight excluding hydrogens is 264 g/mol. The molecule has 6 heteroatoms. The van der Waals surface area contributed by atoms with Crippen LogP contribution in [-0.2, 0) is 14.3 Å². The van der Waals surface area contributed by atoms with Crippen LogP contribution in [0.2, 0.25) is 0 Å². The van der Waals surface area contributed by atoms with Gasteiger partial charge in [-0.1, -0.05) is 6.92 Å². The van der Waals surface area contributed by atoms with E-state index in [-0.39, 0.29) is 5.91 Å². The average Bonchev–Trinajstić information content (AvgIpc) is 2.42. The Morgan fingerprint density at radius 3 is 2.89 bits per heavy atom. The number of thioether (sulfide) groups is 1. The Bertz CT molecular complexity index is 312. The van der Waals surface area contributed by atoms with Gasteiger partial charge in [-0.05, 0) is 30.9 Å². The third-order valence-electron chi connectivity index (χ3n) is 3.31. The molecular formula is C13H24N2O3S. The Kier molecular flexibility index (Phi) is 7.23. The van der Waals surface area contributed by atoms with Crippen molar-refractivity contribution in [3.8, 4) is 0 Å². The quantitative estimate of drug-likeness (QED) is 0.580. The fourth-order valence-corrected chi connectivity index (χ4v) is 3.07. The first-order valence-corrected chi connectivity index (χ1v) is 7.89. The lowest BCUT2D eigenvalue weighted by Crippen LogP contribution is -2.40. The van der Waals surface area contributed by atoms with Gasteiger partial charge in [0.2, 0.25) is 5.91 Å². The van der Waals surface area contributed by atoms with Crippen molar-refractivity contribution in [2.45, 2.75) is 32.2 Å². The monoisotopic (exact) mass is 288 g/mol. The molecule has 0 aromatic heterocycles. The summed E-state index contributed by atoms with van der Waals surface area (Å²) in [5.74, 6) is 1.59. The fraction of sp³-hybridized carbons (Fsp3) is 0.846. The van der Waals surface area contributed by atoms with Crippen LogP contribution in [0.15, 0.2) is 0 Å². The van der Waals surface area contributed by atoms with E-state index < -0.39 is 12.0 Å². The van der Waals surface area contributed by atoms with Gasteiger partial charge in [-0.2, -0.15) is 11.8 Å². The fourth-order valence-electron chi connectivity index (χ4n) is 2.15. The molecule has 2 atom stereocenters. The summed E-state index contributed by atoms with van der Waals surface area (Å²) in [6, 6.07) is -0.581. The standard InChI is InChI=1S/C13H24N2O3S/c1-10-4-3-6-15(8-10)12(16)9-19-7-5-11(14)13(17)18-2/h10-11H,3-9,14H2,1-2H3. The average molecular weight is 288 g/mol. The van der Waals surface area contributed by atoms with Crippen LogP contribution in [0.25, 0.3) is 0 Å². The maximum Gasteiger partial charge on any atom is 0.322 e. The molecule has 5 nitrogen and oxygen atoms in total. The Balaban J connectivity index is 2.15. The Morgan fingerprint density at radius 2 is 2.26 bits per heavy atom. The zero-order valence-corrected chi connectivity index (χ0v) is 12.6. The molecule has 1 aliphatic rings. The summed E-state index contributed by atoms with van der Waals surface area (Å²) in [5, 5.41) is 0. The van der Waals surface area contributed by atoms with Gasteiger partial charge in [0.15, 0.2) is 0 Å². The highest BCUT2D eigenvalue weighted by Crippen LogP contribution is 2.16. The van der Waals surface area contributed by atoms with E-state index in [2.05, 4.69) is 11.7 Å². The maximum atomic E-state index is 12.0. The van der Waals surface area contributed by atoms with Crippen molar-refractivity contribution < 1.29 is 14.3 Å². The number of nitrogens with two attached hydrogens (primary N) is 1. The van der Waals surface area contributed by atoms with Crippen molar-refractivity contribution >= 4 is 23.6 Å². The predicted molar refractivity (Wildman–Crippen MR) is 76.9 cm³/mol. The Morgan fingerprint density at radius 1 is 1.53 bits per heavy atom. The number of hydrogen-bond acceptors (Lipinski definition) is 5. The summed E-state index contributed by atoms with van der Waals surface area (Å²) in [6.07, 6.45) is 2.86. The SMILES string of the molecule is COC(=O)C(N)CCSCC(=O)N1CCCC(C)C1. The van der Waals surface area contributed by atoms with E-state index in [1.54, 1.807) is 0 Å². The zero-order chi connectivity index (χ0) is 14.3. The van der Waals surface area contributed by atoms with Crippen molar-refractivity contribution in [2.24, 2.45) is 11.7 Å². The van der Waals surface area contributed by atoms with Crippen molar-refractivity contribution in [1.29, 1.82) is 0 Å². The number of amides is 1. The van der Waals surface area contributed by atoms with Crippen LogP contribution in [0.3, 0.4) is 0 Å². The lowest BCUT2D eigenvalue weighted by atomic mass is 10.0. The molecule has 1 saturated heterocycles. The summed E-state index contributed by atoms with van der Waals surface area (Å²) in [6.45, 7) is 3.94. The molecule has 1 amide bonds. The van der Waals surface area contributed by atoms with Crippen molar-refractivity contribution in [3.63, 3.8) is 0 Å². The summed E-state index contributed by atoms with van der Waals surface area (Å²) in [5.41, 5.74) is 5.62. The lowest BCUT2D eigenvalue weighted by molar-refractivity contribution is -0.142. The van der Waals surface area contributed by atoms with Gasteiger partial charge >= 0.3 is 5.97 Å². The molecule has 0 aliphatic carbocycles. The summed E-state index contributed by atoms with van der Waals surface area (Å²) >= 11 is 1.53. The number of hydrogen-bond donors (Lipinski definition) is 1. The number of nitrogens with zero attached hydrogens (tertiary/aromatic N) is 1. The minimum atomic E-state index is -0.581. The Labute approximate surface area is 119 Å². The van der Waals surface area contributed by atoms with Crippen LogP contribution in [0.4, 0.5) is 0 Å². The van der Waals surface area contributed by atoms with E-state index in [4.69, 9.17) is 5.73 Å². The topological polar surface area (TPSA) is 72.6 Å². The van der Waals surface area contributed by atoms with Crippen LogP contribution in [0, 0.1) is 5.92 Å². The molecule has 2 unspecified atom stereocenters. The van der Waals surface area contributed by atoms with E-state index >= 15 is 0 Å². The second kappa shape index (κ2) is 8.43. The molecule has 1 heterocycles. The highest BCUT2D eigenvalue weighted by molar-refractivity contribution is 7.99. The minimum absolute atomic E-state index is 0.197. The normalized spacial score (nSPS) is 21.0. The van der Waals surface area contributed by atoms with Gasteiger partial charge in [-0.25, -0.2) is 0 Å². The van der Waals surface area contributed by atoms with Gasteiger partial charge in [-0.15, -0.1) is 0 Å². The van der Waals surface area contributed by atoms with Gasteiger partial charge < -0.3 is 15.4 Å². The minimum Gasteiger partial charge on any atom is -0.468 e. The summed E-state index contributed by atoms with van der Waals surface area (Å²) in [7, 11) is 1.33. The van der Waals surface area contributed by atoms with E-state index in [0.29, 0.717) is 23.8 Å². The largest absolute Gasteiger partial charge is 0.468 e. The third kappa shape index (κ3) is 5.82. The van der Waals surface area contributed by atoms with Crippen LogP contribution in [0.5, 0.6) is 0 Å². The second-order valence-corrected chi connectivity index (χ2v) is 6.16. The van der Waals surface area contributed by atoms with Crippen molar-refractivity contribution in [3.05, 3.63) is 0 Å². The molecule has 0 spiro atoms. The smallest absolute Gasteiger partial charge is 0.322 e. The summed E-state index contributed by atoms with van der Waals surface area (Å²) in [4.78, 5) is 25.0. The summed E-state index contributed by atoms with van der Waals surface area (Å²) < 4.78 is 4.55. The predicted octanol–water partition coefficient (Wildman–Crippen LogP) is 0.869. The molecule has 0 saturated carbocycles. The van der Waals surface area contributed by atoms with Crippen molar-refractivity contribution in [1.82, 2.24) is 4.90 Å². The molecule has 1 aliphatic heterocycles. The van der Waals surface area contributed by atoms with Gasteiger partial charge in [0.1, 0.15) is 6.04 Å². The highest BCUT2D eigenvalue weighted by Gasteiger charge is 2.20. The van der Waals surface area contributed by atoms with Gasteiger partial charge in [-0.3, -0.25) is 9.59 Å². The highest BCUT2D eigenvalue weighted by atomic mass is 32.2. The first kappa shape index (κ1) is 16.3. The maximum absolute atomic E-state index is 12.0. The number of piperidine rings is 1. The molecule has 1 rings (SSSR count). The molecule has 0 aromatic rings. The van der Waals surface area contributed by atoms with E-state index in [1.807, 2.05) is 4.90 Å². The van der Waals surface area contributed by atoms with E-state index in [0.717, 1.165) is 19.5 Å². The number of ether oxygens (including phenoxy) is 1. The number of rotatable bonds is 6. The first-order valence-electron chi connectivity index (χ1n) is 6.73. The molecule has 0 radical (unpaired) electrons. The Hall–Kier alpha value is -0.750. The van der Waals surface area contributed by atoms with E-state index in [9.17, 15) is 9.59 Å². The molecule has 19 heavy (non-hydrogen) atoms. The van der Waals surface area contributed by atoms with Crippen molar-refractivity contribution in [2.75, 3.05) is 31.7 Å².